The van der Waals surface area contributed by atoms with E-state index in [1.807, 2.05) is 0 Å². The van der Waals surface area contributed by atoms with Gasteiger partial charge in [0.25, 0.3) is 17.6 Å². The van der Waals surface area contributed by atoms with E-state index in [9.17, 15) is 27.4 Å². The van der Waals surface area contributed by atoms with E-state index in [1.165, 1.54) is 38.1 Å². The summed E-state index contributed by atoms with van der Waals surface area (Å²) < 4.78 is 103. The summed E-state index contributed by atoms with van der Waals surface area (Å²) in [6, 6.07) is 5.44. The van der Waals surface area contributed by atoms with Crippen LogP contribution in [-0.2, 0) is 33.2 Å². The van der Waals surface area contributed by atoms with Crippen LogP contribution in [0.25, 0.3) is 17.1 Å². The molecule has 44 heavy (non-hydrogen) atoms. The second-order valence-electron chi connectivity index (χ2n) is 10.8. The molecule has 1 amide bonds. The molecule has 2 aromatic carbocycles. The first-order valence-corrected chi connectivity index (χ1v) is 14.9. The van der Waals surface area contributed by atoms with E-state index in [2.05, 4.69) is 20.3 Å². The van der Waals surface area contributed by atoms with Crippen molar-refractivity contribution in [1.82, 2.24) is 25.0 Å². The fourth-order valence-electron chi connectivity index (χ4n) is 4.41. The Balaban J connectivity index is 1.54. The first kappa shape index (κ1) is 31.3. The Morgan fingerprint density at radius 3 is 2.41 bits per heavy atom. The smallest absolute Gasteiger partial charge is 0.419 e. The van der Waals surface area contributed by atoms with Gasteiger partial charge in [-0.2, -0.15) is 13.2 Å². The van der Waals surface area contributed by atoms with Crippen molar-refractivity contribution < 1.29 is 45.0 Å². The van der Waals surface area contributed by atoms with E-state index < -0.39 is 77.3 Å². The van der Waals surface area contributed by atoms with Gasteiger partial charge in [0.2, 0.25) is 19.2 Å². The number of fused-ring (bicyclic) bond motifs is 1. The molecule has 0 bridgehead atoms. The van der Waals surface area contributed by atoms with E-state index >= 15 is 13.2 Å². The van der Waals surface area contributed by atoms with E-state index in [4.69, 9.17) is 10.2 Å². The summed E-state index contributed by atoms with van der Waals surface area (Å²) >= 11 is 0. The molecule has 4 aromatic rings. The highest BCUT2D eigenvalue weighted by Crippen LogP contribution is 2.56. The van der Waals surface area contributed by atoms with Crippen LogP contribution in [0.1, 0.15) is 43.1 Å². The molecule has 0 fully saturated rings. The first-order chi connectivity index (χ1) is 20.3. The van der Waals surface area contributed by atoms with Crippen LogP contribution in [-0.4, -0.2) is 48.5 Å². The molecule has 0 saturated heterocycles. The average molecular weight is 643 g/mol. The van der Waals surface area contributed by atoms with Crippen LogP contribution in [0.15, 0.2) is 47.1 Å². The molecular weight excluding hydrogens is 619 g/mol. The van der Waals surface area contributed by atoms with Gasteiger partial charge in [0.15, 0.2) is 0 Å². The highest BCUT2D eigenvalue weighted by Gasteiger charge is 2.46. The van der Waals surface area contributed by atoms with Gasteiger partial charge in [0.1, 0.15) is 17.3 Å². The predicted octanol–water partition coefficient (Wildman–Crippen LogP) is 4.97. The number of anilines is 1. The van der Waals surface area contributed by atoms with Crippen LogP contribution in [0.4, 0.5) is 32.0 Å². The van der Waals surface area contributed by atoms with Gasteiger partial charge in [-0.15, -0.1) is 15.3 Å². The molecule has 234 valence electrons. The van der Waals surface area contributed by atoms with E-state index in [1.54, 1.807) is 0 Å². The number of halogens is 6. The topological polar surface area (TPSA) is 153 Å². The number of benzene rings is 2. The standard InChI is InChI=1S/C26H24F6N7O4P/c1-24(2,44(3,41)42)23-36-35-20(43-23)15-8-19-16(9-17(15)27)25(28,29)10-18(33)21(40)38(19)11-13-4-6-14(7-5-13)39-12-34-22(37-39)26(30,31)32/h4-9,12,18H,10-11,33H2,1-3H3,(H,41,42)/t18-/m0/s1. The molecule has 0 spiro atoms. The Kier molecular flexibility index (Phi) is 7.50. The Morgan fingerprint density at radius 2 is 1.82 bits per heavy atom. The first-order valence-electron chi connectivity index (χ1n) is 12.8. The Bertz CT molecular complexity index is 1780. The maximum Gasteiger partial charge on any atom is 0.453 e. The third-order valence-corrected chi connectivity index (χ3v) is 9.60. The lowest BCUT2D eigenvalue weighted by Gasteiger charge is -2.25. The monoisotopic (exact) mass is 643 g/mol. The Labute approximate surface area is 245 Å². The third kappa shape index (κ3) is 5.62. The molecular formula is C26H24F6N7O4P. The third-order valence-electron chi connectivity index (χ3n) is 7.33. The average Bonchev–Trinajstić information content (AvgIpc) is 3.61. The van der Waals surface area contributed by atoms with Crippen molar-refractivity contribution in [2.24, 2.45) is 5.73 Å². The number of hydrogen-bond acceptors (Lipinski definition) is 8. The molecule has 2 aromatic heterocycles. The summed E-state index contributed by atoms with van der Waals surface area (Å²) in [6.45, 7) is 3.47. The molecule has 1 unspecified atom stereocenters. The fraction of sp³-hybridized carbons (Fsp3) is 0.346. The molecule has 0 aliphatic carbocycles. The molecule has 1 aliphatic heterocycles. The number of aromatic nitrogens is 5. The van der Waals surface area contributed by atoms with Crippen LogP contribution in [0.3, 0.4) is 0 Å². The van der Waals surface area contributed by atoms with Crippen LogP contribution < -0.4 is 10.6 Å². The molecule has 1 aliphatic rings. The second kappa shape index (κ2) is 10.5. The zero-order chi connectivity index (χ0) is 32.4. The predicted molar refractivity (Wildman–Crippen MR) is 143 cm³/mol. The lowest BCUT2D eigenvalue weighted by Crippen LogP contribution is -2.43. The molecule has 2 atom stereocenters. The van der Waals surface area contributed by atoms with Crippen molar-refractivity contribution in [3.63, 3.8) is 0 Å². The highest BCUT2D eigenvalue weighted by atomic mass is 31.2. The highest BCUT2D eigenvalue weighted by molar-refractivity contribution is 7.58. The van der Waals surface area contributed by atoms with Gasteiger partial charge in [0.05, 0.1) is 29.5 Å². The van der Waals surface area contributed by atoms with Gasteiger partial charge in [-0.25, -0.2) is 22.8 Å². The van der Waals surface area contributed by atoms with Crippen molar-refractivity contribution in [2.45, 2.75) is 50.1 Å². The number of nitrogens with zero attached hydrogens (tertiary/aromatic N) is 6. The molecule has 11 nitrogen and oxygen atoms in total. The number of hydrogen-bond donors (Lipinski definition) is 2. The lowest BCUT2D eigenvalue weighted by atomic mass is 9.99. The molecule has 0 saturated carbocycles. The normalized spacial score (nSPS) is 18.6. The maximum absolute atomic E-state index is 15.3. The Hall–Kier alpha value is -4.08. The summed E-state index contributed by atoms with van der Waals surface area (Å²) in [5.41, 5.74) is 4.70. The zero-order valence-corrected chi connectivity index (χ0v) is 24.1. The number of carbonyl (C=O) groups excluding carboxylic acids is 1. The van der Waals surface area contributed by atoms with E-state index in [-0.39, 0.29) is 18.1 Å². The van der Waals surface area contributed by atoms with Crippen LogP contribution in [0, 0.1) is 5.82 Å². The van der Waals surface area contributed by atoms with Gasteiger partial charge >= 0.3 is 6.18 Å². The fourth-order valence-corrected chi connectivity index (χ4v) is 4.85. The molecule has 3 N–H and O–H groups in total. The summed E-state index contributed by atoms with van der Waals surface area (Å²) in [6.07, 6.45) is -4.99. The lowest BCUT2D eigenvalue weighted by molar-refractivity contribution is -0.144. The van der Waals surface area contributed by atoms with E-state index in [0.29, 0.717) is 11.6 Å². The van der Waals surface area contributed by atoms with Gasteiger partial charge in [0, 0.05) is 18.6 Å². The van der Waals surface area contributed by atoms with Crippen LogP contribution >= 0.6 is 7.37 Å². The van der Waals surface area contributed by atoms with Crippen molar-refractivity contribution in [3.05, 3.63) is 71.4 Å². The minimum absolute atomic E-state index is 0.196. The Morgan fingerprint density at radius 1 is 1.16 bits per heavy atom. The summed E-state index contributed by atoms with van der Waals surface area (Å²) in [4.78, 5) is 27.5. The summed E-state index contributed by atoms with van der Waals surface area (Å²) in [7, 11) is -3.83. The van der Waals surface area contributed by atoms with Gasteiger partial charge in [-0.1, -0.05) is 12.1 Å². The summed E-state index contributed by atoms with van der Waals surface area (Å²) in [5, 5.41) is 9.37. The quantitative estimate of drug-likeness (QED) is 0.219. The maximum atomic E-state index is 15.3. The molecule has 18 heteroatoms. The number of nitrogens with two attached hydrogens (primary N) is 1. The number of rotatable bonds is 6. The van der Waals surface area contributed by atoms with Gasteiger partial charge < -0.3 is 19.9 Å². The van der Waals surface area contributed by atoms with Crippen molar-refractivity contribution >= 4 is 19.0 Å². The van der Waals surface area contributed by atoms with Crippen LogP contribution in [0.5, 0.6) is 0 Å². The van der Waals surface area contributed by atoms with Crippen LogP contribution in [0.2, 0.25) is 0 Å². The molecule has 5 rings (SSSR count). The SMILES string of the molecule is CC(C)(c1nnc(-c2cc3c(cc2F)C(F)(F)C[C@H](N)C(=O)N3Cc2ccc(-n3cnc(C(F)(F)F)n3)cc2)o1)P(C)(=O)O. The van der Waals surface area contributed by atoms with Crippen molar-refractivity contribution in [2.75, 3.05) is 11.6 Å². The molecule has 0 radical (unpaired) electrons. The number of amides is 1. The summed E-state index contributed by atoms with van der Waals surface area (Å²) in [5.74, 6) is -7.94. The van der Waals surface area contributed by atoms with Crippen molar-refractivity contribution in [1.29, 1.82) is 0 Å². The number of carbonyl (C=O) groups is 1. The largest absolute Gasteiger partial charge is 0.453 e. The molecule has 3 heterocycles. The van der Waals surface area contributed by atoms with Gasteiger partial charge in [-0.3, -0.25) is 9.36 Å². The minimum Gasteiger partial charge on any atom is -0.419 e. The van der Waals surface area contributed by atoms with E-state index in [0.717, 1.165) is 28.6 Å². The van der Waals surface area contributed by atoms with Gasteiger partial charge in [-0.05, 0) is 43.7 Å². The second-order valence-corrected chi connectivity index (χ2v) is 13.7. The zero-order valence-electron chi connectivity index (χ0n) is 23.2. The minimum atomic E-state index is -4.75. The van der Waals surface area contributed by atoms with Crippen molar-refractivity contribution in [3.8, 4) is 17.1 Å². The number of alkyl halides is 5.